The standard InChI is InChI=1S/C15H18N2O3.C2H6/c1-4-9(2)7-11-10(3)8-17(15(11)20)12-5-6-13(18)16-14(12)19;1-2/h4,7,12H,3,5-6,8H2,1-2H3,(H,16,18,19);1-2H3/b9-4-,11-7+;. The molecule has 2 aliphatic heterocycles. The summed E-state index contributed by atoms with van der Waals surface area (Å²) in [5.74, 6) is -0.866. The van der Waals surface area contributed by atoms with Gasteiger partial charge in [0, 0.05) is 18.5 Å². The number of carbonyl (C=O) groups is 3. The number of carbonyl (C=O) groups excluding carboxylic acids is 3. The SMILES string of the molecule is C=C1CN(C2CCC(=O)NC2=O)C(=O)/C1=C/C(C)=C\C.CC. The average Bonchev–Trinajstić information content (AvgIpc) is 2.77. The molecule has 2 rings (SSSR count). The van der Waals surface area contributed by atoms with Gasteiger partial charge in [0.2, 0.25) is 11.8 Å². The Balaban J connectivity index is 0.00000116. The highest BCUT2D eigenvalue weighted by Crippen LogP contribution is 2.27. The van der Waals surface area contributed by atoms with Crippen LogP contribution < -0.4 is 5.32 Å². The van der Waals surface area contributed by atoms with E-state index >= 15 is 0 Å². The molecule has 0 bridgehead atoms. The highest BCUT2D eigenvalue weighted by atomic mass is 16.2. The van der Waals surface area contributed by atoms with E-state index in [-0.39, 0.29) is 18.2 Å². The fourth-order valence-electron chi connectivity index (χ4n) is 2.37. The lowest BCUT2D eigenvalue weighted by atomic mass is 10.0. The molecule has 2 saturated heterocycles. The van der Waals surface area contributed by atoms with Crippen molar-refractivity contribution < 1.29 is 14.4 Å². The zero-order valence-electron chi connectivity index (χ0n) is 13.7. The minimum atomic E-state index is -0.575. The summed E-state index contributed by atoms with van der Waals surface area (Å²) in [6.45, 7) is 12.0. The van der Waals surface area contributed by atoms with Gasteiger partial charge in [-0.25, -0.2) is 0 Å². The molecule has 2 heterocycles. The lowest BCUT2D eigenvalue weighted by Crippen LogP contribution is -2.52. The highest BCUT2D eigenvalue weighted by Gasteiger charge is 2.39. The molecule has 120 valence electrons. The van der Waals surface area contributed by atoms with Crippen molar-refractivity contribution in [2.45, 2.75) is 46.6 Å². The molecule has 0 aromatic heterocycles. The van der Waals surface area contributed by atoms with E-state index in [0.717, 1.165) is 5.57 Å². The summed E-state index contributed by atoms with van der Waals surface area (Å²) in [5.41, 5.74) is 2.23. The van der Waals surface area contributed by atoms with Gasteiger partial charge < -0.3 is 4.90 Å². The van der Waals surface area contributed by atoms with Gasteiger partial charge in [0.15, 0.2) is 0 Å². The average molecular weight is 304 g/mol. The van der Waals surface area contributed by atoms with Gasteiger partial charge in [-0.2, -0.15) is 0 Å². The monoisotopic (exact) mass is 304 g/mol. The number of amides is 3. The van der Waals surface area contributed by atoms with Crippen molar-refractivity contribution >= 4 is 17.7 Å². The van der Waals surface area contributed by atoms with Crippen LogP contribution >= 0.6 is 0 Å². The molecular formula is C17H24N2O3. The predicted octanol–water partition coefficient (Wildman–Crippen LogP) is 2.11. The van der Waals surface area contributed by atoms with Crippen LogP contribution in [0.4, 0.5) is 0 Å². The first-order valence-electron chi connectivity index (χ1n) is 7.61. The number of nitrogens with zero attached hydrogens (tertiary/aromatic N) is 1. The Morgan fingerprint density at radius 2 is 1.95 bits per heavy atom. The Bertz CT molecular complexity index is 558. The lowest BCUT2D eigenvalue weighted by molar-refractivity contribution is -0.142. The van der Waals surface area contributed by atoms with Gasteiger partial charge in [-0.15, -0.1) is 0 Å². The Hall–Kier alpha value is -2.17. The lowest BCUT2D eigenvalue weighted by Gasteiger charge is -2.28. The second-order valence-electron chi connectivity index (χ2n) is 5.09. The van der Waals surface area contributed by atoms with Gasteiger partial charge in [0.25, 0.3) is 5.91 Å². The molecule has 2 fully saturated rings. The molecule has 5 nitrogen and oxygen atoms in total. The number of piperidine rings is 1. The Morgan fingerprint density at radius 3 is 2.50 bits per heavy atom. The van der Waals surface area contributed by atoms with Crippen molar-refractivity contribution in [3.63, 3.8) is 0 Å². The van der Waals surface area contributed by atoms with Crippen molar-refractivity contribution in [1.29, 1.82) is 0 Å². The van der Waals surface area contributed by atoms with Crippen molar-refractivity contribution in [1.82, 2.24) is 10.2 Å². The first kappa shape index (κ1) is 17.9. The minimum Gasteiger partial charge on any atom is -0.322 e. The van der Waals surface area contributed by atoms with Crippen LogP contribution in [-0.2, 0) is 14.4 Å². The van der Waals surface area contributed by atoms with Gasteiger partial charge in [0.05, 0.1) is 0 Å². The third-order valence-electron chi connectivity index (χ3n) is 3.65. The quantitative estimate of drug-likeness (QED) is 0.627. The normalized spacial score (nSPS) is 24.4. The molecule has 2 aliphatic rings. The van der Waals surface area contributed by atoms with Gasteiger partial charge in [-0.1, -0.05) is 32.1 Å². The number of rotatable bonds is 2. The fourth-order valence-corrected chi connectivity index (χ4v) is 2.37. The summed E-state index contributed by atoms with van der Waals surface area (Å²) in [5, 5.41) is 2.28. The number of nitrogens with one attached hydrogen (secondary N) is 1. The highest BCUT2D eigenvalue weighted by molar-refractivity contribution is 6.06. The van der Waals surface area contributed by atoms with E-state index in [9.17, 15) is 14.4 Å². The third kappa shape index (κ3) is 3.72. The van der Waals surface area contributed by atoms with Crippen molar-refractivity contribution in [2.24, 2.45) is 0 Å². The van der Waals surface area contributed by atoms with E-state index in [2.05, 4.69) is 11.9 Å². The van der Waals surface area contributed by atoms with E-state index in [1.165, 1.54) is 4.90 Å². The number of imide groups is 1. The third-order valence-corrected chi connectivity index (χ3v) is 3.65. The van der Waals surface area contributed by atoms with Crippen LogP contribution in [0, 0.1) is 0 Å². The number of hydrogen-bond donors (Lipinski definition) is 1. The molecular weight excluding hydrogens is 280 g/mol. The first-order valence-corrected chi connectivity index (χ1v) is 7.61. The van der Waals surface area contributed by atoms with E-state index in [1.54, 1.807) is 6.08 Å². The number of hydrogen-bond acceptors (Lipinski definition) is 3. The molecule has 0 aromatic rings. The molecule has 5 heteroatoms. The van der Waals surface area contributed by atoms with Gasteiger partial charge >= 0.3 is 0 Å². The fraction of sp³-hybridized carbons (Fsp3) is 0.471. The summed E-state index contributed by atoms with van der Waals surface area (Å²) < 4.78 is 0. The maximum atomic E-state index is 12.4. The van der Waals surface area contributed by atoms with Crippen molar-refractivity contribution in [3.8, 4) is 0 Å². The van der Waals surface area contributed by atoms with Crippen LogP contribution in [0.2, 0.25) is 0 Å². The molecule has 3 amide bonds. The number of allylic oxidation sites excluding steroid dienone is 3. The minimum absolute atomic E-state index is 0.189. The molecule has 1 atom stereocenters. The smallest absolute Gasteiger partial charge is 0.255 e. The van der Waals surface area contributed by atoms with Crippen LogP contribution in [0.3, 0.4) is 0 Å². The summed E-state index contributed by atoms with van der Waals surface area (Å²) in [4.78, 5) is 36.9. The summed E-state index contributed by atoms with van der Waals surface area (Å²) in [6.07, 6.45) is 4.33. The zero-order valence-corrected chi connectivity index (χ0v) is 13.7. The molecule has 0 saturated carbocycles. The summed E-state index contributed by atoms with van der Waals surface area (Å²) >= 11 is 0. The van der Waals surface area contributed by atoms with Crippen molar-refractivity contribution in [2.75, 3.05) is 6.54 Å². The van der Waals surface area contributed by atoms with Crippen LogP contribution in [0.15, 0.2) is 35.5 Å². The maximum absolute atomic E-state index is 12.4. The maximum Gasteiger partial charge on any atom is 0.255 e. The molecule has 1 N–H and O–H groups in total. The van der Waals surface area contributed by atoms with Gasteiger partial charge in [0.1, 0.15) is 6.04 Å². The molecule has 0 aromatic carbocycles. The zero-order chi connectivity index (χ0) is 16.9. The van der Waals surface area contributed by atoms with Gasteiger partial charge in [-0.05, 0) is 31.9 Å². The second kappa shape index (κ2) is 7.73. The molecule has 22 heavy (non-hydrogen) atoms. The Labute approximate surface area is 131 Å². The van der Waals surface area contributed by atoms with E-state index < -0.39 is 11.9 Å². The molecule has 0 aliphatic carbocycles. The predicted molar refractivity (Wildman–Crippen MR) is 85.9 cm³/mol. The second-order valence-corrected chi connectivity index (χ2v) is 5.09. The largest absolute Gasteiger partial charge is 0.322 e. The van der Waals surface area contributed by atoms with E-state index in [4.69, 9.17) is 0 Å². The van der Waals surface area contributed by atoms with Crippen LogP contribution in [-0.4, -0.2) is 35.2 Å². The van der Waals surface area contributed by atoms with E-state index in [0.29, 0.717) is 24.1 Å². The van der Waals surface area contributed by atoms with Crippen LogP contribution in [0.5, 0.6) is 0 Å². The number of likely N-dealkylation sites (tertiary alicyclic amines) is 1. The summed E-state index contributed by atoms with van der Waals surface area (Å²) in [6, 6.07) is -0.575. The topological polar surface area (TPSA) is 66.5 Å². The van der Waals surface area contributed by atoms with Crippen LogP contribution in [0.25, 0.3) is 0 Å². The Kier molecular flexibility index (Phi) is 6.28. The van der Waals surface area contributed by atoms with Gasteiger partial charge in [-0.3, -0.25) is 19.7 Å². The van der Waals surface area contributed by atoms with Crippen molar-refractivity contribution in [3.05, 3.63) is 35.5 Å². The van der Waals surface area contributed by atoms with Crippen LogP contribution in [0.1, 0.15) is 40.5 Å². The Morgan fingerprint density at radius 1 is 1.32 bits per heavy atom. The molecule has 1 unspecified atom stereocenters. The molecule has 0 spiro atoms. The van der Waals surface area contributed by atoms with E-state index in [1.807, 2.05) is 33.8 Å². The molecule has 0 radical (unpaired) electrons. The summed E-state index contributed by atoms with van der Waals surface area (Å²) in [7, 11) is 0. The first-order chi connectivity index (χ1) is 10.4.